The highest BCUT2D eigenvalue weighted by Gasteiger charge is 2.37. The molecule has 25 heavy (non-hydrogen) atoms. The Kier molecular flexibility index (Phi) is 7.34. The van der Waals surface area contributed by atoms with E-state index in [0.29, 0.717) is 29.4 Å². The van der Waals surface area contributed by atoms with Crippen molar-refractivity contribution < 1.29 is 19.4 Å². The fourth-order valence-electron chi connectivity index (χ4n) is 2.36. The molecule has 1 aromatic carbocycles. The molecular formula is C17H18NO4S3-. The Bertz CT molecular complexity index is 705. The summed E-state index contributed by atoms with van der Waals surface area (Å²) in [4.78, 5) is 25.7. The summed E-state index contributed by atoms with van der Waals surface area (Å²) >= 11 is 7.85. The highest BCUT2D eigenvalue weighted by Crippen LogP contribution is 2.36. The molecule has 1 saturated heterocycles. The molecule has 0 N–H and O–H groups in total. The molecule has 1 aliphatic heterocycles. The Morgan fingerprint density at radius 2 is 2.20 bits per heavy atom. The molecule has 2 rings (SSSR count). The number of aliphatic carboxylic acids is 1. The van der Waals surface area contributed by atoms with Gasteiger partial charge in [0.1, 0.15) is 10.1 Å². The van der Waals surface area contributed by atoms with Gasteiger partial charge in [0.25, 0.3) is 5.91 Å². The number of hydrogen-bond acceptors (Lipinski definition) is 7. The van der Waals surface area contributed by atoms with Crippen molar-refractivity contribution in [2.75, 3.05) is 18.6 Å². The molecule has 0 radical (unpaired) electrons. The van der Waals surface area contributed by atoms with E-state index in [1.54, 1.807) is 6.08 Å². The number of carbonyl (C=O) groups is 2. The van der Waals surface area contributed by atoms with Crippen LogP contribution in [-0.4, -0.2) is 45.8 Å². The quantitative estimate of drug-likeness (QED) is 0.493. The second-order valence-corrected chi connectivity index (χ2v) is 7.80. The number of carboxylic acid groups (broad SMARTS) is 1. The molecule has 0 aromatic heterocycles. The molecule has 0 aliphatic carbocycles. The maximum atomic E-state index is 12.7. The minimum atomic E-state index is -1.29. The first-order valence-electron chi connectivity index (χ1n) is 7.68. The molecule has 1 aromatic rings. The van der Waals surface area contributed by atoms with Crippen LogP contribution in [-0.2, 0) is 9.59 Å². The van der Waals surface area contributed by atoms with Crippen LogP contribution in [0.2, 0.25) is 0 Å². The molecule has 1 amide bonds. The second-order valence-electron chi connectivity index (χ2n) is 5.14. The number of hydrogen-bond donors (Lipinski definition) is 0. The van der Waals surface area contributed by atoms with E-state index in [1.165, 1.54) is 11.8 Å². The first kappa shape index (κ1) is 19.8. The van der Waals surface area contributed by atoms with Crippen LogP contribution in [0.4, 0.5) is 0 Å². The van der Waals surface area contributed by atoms with Crippen molar-refractivity contribution in [2.45, 2.75) is 19.4 Å². The van der Waals surface area contributed by atoms with Gasteiger partial charge >= 0.3 is 0 Å². The van der Waals surface area contributed by atoms with Crippen LogP contribution in [0.3, 0.4) is 0 Å². The smallest absolute Gasteiger partial charge is 0.266 e. The Balaban J connectivity index is 2.30. The molecule has 5 nitrogen and oxygen atoms in total. The number of thiocarbonyl (C=S) groups is 1. The van der Waals surface area contributed by atoms with Crippen LogP contribution in [0, 0.1) is 0 Å². The molecule has 1 atom stereocenters. The monoisotopic (exact) mass is 396 g/mol. The maximum absolute atomic E-state index is 12.7. The first-order chi connectivity index (χ1) is 12.0. The molecule has 1 aliphatic rings. The van der Waals surface area contributed by atoms with Gasteiger partial charge in [-0.3, -0.25) is 9.69 Å². The van der Waals surface area contributed by atoms with Gasteiger partial charge in [-0.2, -0.15) is 11.8 Å². The standard InChI is InChI=1S/C17H19NO4S3/c1-3-22-13-7-5-4-6-11(13)10-14-15(19)18(17(23)25-14)12(16(20)21)8-9-24-2/h4-7,10,12H,3,8-9H2,1-2H3,(H,20,21)/p-1/b14-10+/t12-/m0/s1. The average Bonchev–Trinajstić information content (AvgIpc) is 2.84. The van der Waals surface area contributed by atoms with Crippen molar-refractivity contribution in [1.29, 1.82) is 0 Å². The third-order valence-electron chi connectivity index (χ3n) is 3.51. The minimum absolute atomic E-state index is 0.237. The van der Waals surface area contributed by atoms with Crippen molar-refractivity contribution in [3.63, 3.8) is 0 Å². The van der Waals surface area contributed by atoms with Crippen LogP contribution < -0.4 is 9.84 Å². The summed E-state index contributed by atoms with van der Waals surface area (Å²) in [6.45, 7) is 2.39. The zero-order chi connectivity index (χ0) is 18.4. The number of nitrogens with zero attached hydrogens (tertiary/aromatic N) is 1. The molecule has 8 heteroatoms. The van der Waals surface area contributed by atoms with E-state index in [-0.39, 0.29) is 4.32 Å². The van der Waals surface area contributed by atoms with E-state index in [4.69, 9.17) is 17.0 Å². The largest absolute Gasteiger partial charge is 0.548 e. The van der Waals surface area contributed by atoms with Crippen molar-refractivity contribution in [3.05, 3.63) is 34.7 Å². The number of carbonyl (C=O) groups excluding carboxylic acids is 2. The van der Waals surface area contributed by atoms with Crippen LogP contribution in [0.25, 0.3) is 6.08 Å². The number of para-hydroxylation sites is 1. The van der Waals surface area contributed by atoms with Gasteiger partial charge in [-0.1, -0.05) is 42.2 Å². The lowest BCUT2D eigenvalue weighted by Crippen LogP contribution is -2.50. The van der Waals surface area contributed by atoms with Crippen LogP contribution in [0.1, 0.15) is 18.9 Å². The molecule has 1 fully saturated rings. The van der Waals surface area contributed by atoms with Crippen LogP contribution in [0.5, 0.6) is 5.75 Å². The van der Waals surface area contributed by atoms with Crippen LogP contribution in [0.15, 0.2) is 29.2 Å². The molecule has 134 valence electrons. The normalized spacial score (nSPS) is 17.2. The lowest BCUT2D eigenvalue weighted by atomic mass is 10.1. The Morgan fingerprint density at radius 1 is 1.48 bits per heavy atom. The van der Waals surface area contributed by atoms with E-state index in [9.17, 15) is 14.7 Å². The molecule has 0 spiro atoms. The summed E-state index contributed by atoms with van der Waals surface area (Å²) < 4.78 is 5.79. The molecular weight excluding hydrogens is 378 g/mol. The average molecular weight is 397 g/mol. The van der Waals surface area contributed by atoms with E-state index >= 15 is 0 Å². The van der Waals surface area contributed by atoms with Gasteiger partial charge in [0.05, 0.1) is 23.5 Å². The Labute approximate surface area is 160 Å². The van der Waals surface area contributed by atoms with E-state index < -0.39 is 17.9 Å². The summed E-state index contributed by atoms with van der Waals surface area (Å²) in [6.07, 6.45) is 3.85. The molecule has 0 bridgehead atoms. The van der Waals surface area contributed by atoms with E-state index in [1.807, 2.05) is 37.4 Å². The highest BCUT2D eigenvalue weighted by molar-refractivity contribution is 8.26. The SMILES string of the molecule is CCOc1ccccc1/C=C1/SC(=S)N([C@@H](CCSC)C(=O)[O-])C1=O. The predicted octanol–water partition coefficient (Wildman–Crippen LogP) is 2.16. The summed E-state index contributed by atoms with van der Waals surface area (Å²) in [5, 5.41) is 11.5. The summed E-state index contributed by atoms with van der Waals surface area (Å²) in [7, 11) is 0. The van der Waals surface area contributed by atoms with Crippen molar-refractivity contribution in [3.8, 4) is 5.75 Å². The predicted molar refractivity (Wildman–Crippen MR) is 104 cm³/mol. The fraction of sp³-hybridized carbons (Fsp3) is 0.353. The summed E-state index contributed by atoms with van der Waals surface area (Å²) in [5.41, 5.74) is 0.749. The summed E-state index contributed by atoms with van der Waals surface area (Å²) in [6, 6.07) is 6.30. The Hall–Kier alpha value is -1.51. The number of thioether (sulfide) groups is 2. The number of rotatable bonds is 8. The van der Waals surface area contributed by atoms with Gasteiger partial charge in [0.2, 0.25) is 0 Å². The second kappa shape index (κ2) is 9.26. The van der Waals surface area contributed by atoms with E-state index in [0.717, 1.165) is 22.2 Å². The molecule has 1 heterocycles. The van der Waals surface area contributed by atoms with E-state index in [2.05, 4.69) is 0 Å². The third kappa shape index (κ3) is 4.77. The van der Waals surface area contributed by atoms with Crippen LogP contribution >= 0.6 is 35.7 Å². The maximum Gasteiger partial charge on any atom is 0.266 e. The van der Waals surface area contributed by atoms with Crippen molar-refractivity contribution in [2.24, 2.45) is 0 Å². The molecule has 0 saturated carbocycles. The third-order valence-corrected chi connectivity index (χ3v) is 5.48. The van der Waals surface area contributed by atoms with Gasteiger partial charge in [-0.25, -0.2) is 0 Å². The zero-order valence-corrected chi connectivity index (χ0v) is 16.3. The van der Waals surface area contributed by atoms with Gasteiger partial charge in [-0.15, -0.1) is 0 Å². The van der Waals surface area contributed by atoms with Crippen molar-refractivity contribution >= 4 is 58.0 Å². The first-order valence-corrected chi connectivity index (χ1v) is 10.3. The number of benzene rings is 1. The van der Waals surface area contributed by atoms with Gasteiger partial charge < -0.3 is 14.6 Å². The van der Waals surface area contributed by atoms with Gasteiger partial charge in [0.15, 0.2) is 0 Å². The van der Waals surface area contributed by atoms with Gasteiger partial charge in [-0.05, 0) is 37.5 Å². The molecule has 0 unspecified atom stereocenters. The van der Waals surface area contributed by atoms with Gasteiger partial charge in [0, 0.05) is 5.56 Å². The van der Waals surface area contributed by atoms with Crippen molar-refractivity contribution in [1.82, 2.24) is 4.90 Å². The highest BCUT2D eigenvalue weighted by atomic mass is 32.2. The Morgan fingerprint density at radius 3 is 2.84 bits per heavy atom. The lowest BCUT2D eigenvalue weighted by molar-refractivity contribution is -0.310. The number of ether oxygens (including phenoxy) is 1. The summed E-state index contributed by atoms with van der Waals surface area (Å²) in [5.74, 6) is -0.436. The number of amides is 1. The lowest BCUT2D eigenvalue weighted by Gasteiger charge is -2.27. The fourth-order valence-corrected chi connectivity index (χ4v) is 4.16. The number of carboxylic acids is 1. The zero-order valence-electron chi connectivity index (χ0n) is 13.9. The topological polar surface area (TPSA) is 69.7 Å². The minimum Gasteiger partial charge on any atom is -0.548 e.